The minimum atomic E-state index is -3.03. The van der Waals surface area contributed by atoms with Gasteiger partial charge < -0.3 is 9.64 Å². The van der Waals surface area contributed by atoms with Gasteiger partial charge in [-0.05, 0) is 49.4 Å². The Balaban J connectivity index is 2.10. The normalized spacial score (nSPS) is 19.2. The number of benzene rings is 1. The van der Waals surface area contributed by atoms with E-state index in [1.54, 1.807) is 4.90 Å². The van der Waals surface area contributed by atoms with Crippen LogP contribution in [0.25, 0.3) is 0 Å². The fraction of sp³-hybridized carbons (Fsp3) is 0.611. The number of carbonyl (C=O) groups is 1. The molecular weight excluding hydrogens is 362 g/mol. The molecule has 1 aromatic carbocycles. The molecule has 1 atom stereocenters. The molecule has 7 heteroatoms. The Morgan fingerprint density at radius 2 is 2.08 bits per heavy atom. The highest BCUT2D eigenvalue weighted by molar-refractivity contribution is 7.91. The first-order valence-corrected chi connectivity index (χ1v) is 10.8. The van der Waals surface area contributed by atoms with Crippen LogP contribution in [0.4, 0.5) is 0 Å². The first kappa shape index (κ1) is 20.0. The largest absolute Gasteiger partial charge is 0.483 e. The monoisotopic (exact) mass is 387 g/mol. The Morgan fingerprint density at radius 1 is 1.40 bits per heavy atom. The maximum Gasteiger partial charge on any atom is 0.260 e. The molecule has 1 aromatic rings. The zero-order valence-electron chi connectivity index (χ0n) is 15.2. The summed E-state index contributed by atoms with van der Waals surface area (Å²) in [6.07, 6.45) is 0.499. The van der Waals surface area contributed by atoms with Gasteiger partial charge in [0, 0.05) is 17.6 Å². The second-order valence-electron chi connectivity index (χ2n) is 6.82. The quantitative estimate of drug-likeness (QED) is 0.752. The molecule has 2 rings (SSSR count). The molecule has 1 fully saturated rings. The van der Waals surface area contributed by atoms with Gasteiger partial charge in [0.1, 0.15) is 5.75 Å². The number of halogens is 1. The van der Waals surface area contributed by atoms with Gasteiger partial charge in [-0.25, -0.2) is 8.42 Å². The molecule has 1 amide bonds. The number of likely N-dealkylation sites (N-methyl/N-ethyl adjacent to an activating group) is 1. The van der Waals surface area contributed by atoms with Crippen LogP contribution in [0.5, 0.6) is 5.75 Å². The van der Waals surface area contributed by atoms with Crippen LogP contribution in [-0.2, 0) is 14.6 Å². The number of sulfone groups is 1. The number of ether oxygens (including phenoxy) is 1. The summed E-state index contributed by atoms with van der Waals surface area (Å²) in [6.45, 7) is 8.19. The Hall–Kier alpha value is -1.27. The molecule has 0 radical (unpaired) electrons. The highest BCUT2D eigenvalue weighted by atomic mass is 35.5. The van der Waals surface area contributed by atoms with Crippen molar-refractivity contribution in [2.75, 3.05) is 24.7 Å². The number of rotatable bonds is 6. The molecule has 1 heterocycles. The lowest BCUT2D eigenvalue weighted by molar-refractivity contribution is -0.135. The average molecular weight is 388 g/mol. The van der Waals surface area contributed by atoms with Crippen molar-refractivity contribution in [3.8, 4) is 5.75 Å². The fourth-order valence-electron chi connectivity index (χ4n) is 3.13. The molecule has 5 nitrogen and oxygen atoms in total. The molecular formula is C18H26ClNO4S. The predicted octanol–water partition coefficient (Wildman–Crippen LogP) is 3.19. The summed E-state index contributed by atoms with van der Waals surface area (Å²) < 4.78 is 29.1. The molecule has 0 aromatic heterocycles. The predicted molar refractivity (Wildman–Crippen MR) is 100 cm³/mol. The van der Waals surface area contributed by atoms with Crippen LogP contribution in [-0.4, -0.2) is 49.9 Å². The van der Waals surface area contributed by atoms with E-state index in [0.29, 0.717) is 23.7 Å². The van der Waals surface area contributed by atoms with Crippen molar-refractivity contribution >= 4 is 27.3 Å². The van der Waals surface area contributed by atoms with Gasteiger partial charge in [0.25, 0.3) is 5.91 Å². The third-order valence-electron chi connectivity index (χ3n) is 4.57. The van der Waals surface area contributed by atoms with Crippen molar-refractivity contribution < 1.29 is 17.9 Å². The Morgan fingerprint density at radius 3 is 2.60 bits per heavy atom. The van der Waals surface area contributed by atoms with E-state index in [2.05, 4.69) is 0 Å². The number of aryl methyl sites for hydroxylation is 1. The molecule has 0 N–H and O–H groups in total. The van der Waals surface area contributed by atoms with Crippen molar-refractivity contribution in [2.45, 2.75) is 46.1 Å². The highest BCUT2D eigenvalue weighted by Gasteiger charge is 2.34. The Kier molecular flexibility index (Phi) is 6.38. The smallest absolute Gasteiger partial charge is 0.260 e. The van der Waals surface area contributed by atoms with Crippen LogP contribution in [0.3, 0.4) is 0 Å². The topological polar surface area (TPSA) is 63.7 Å². The van der Waals surface area contributed by atoms with Crippen molar-refractivity contribution in [3.05, 3.63) is 28.3 Å². The van der Waals surface area contributed by atoms with Crippen LogP contribution < -0.4 is 4.74 Å². The van der Waals surface area contributed by atoms with Gasteiger partial charge in [-0.15, -0.1) is 0 Å². The van der Waals surface area contributed by atoms with Crippen LogP contribution >= 0.6 is 11.6 Å². The molecule has 140 valence electrons. The number of carbonyl (C=O) groups excluding carboxylic acids is 1. The van der Waals surface area contributed by atoms with Crippen LogP contribution in [0.2, 0.25) is 5.02 Å². The van der Waals surface area contributed by atoms with Crippen molar-refractivity contribution in [3.63, 3.8) is 0 Å². The van der Waals surface area contributed by atoms with Crippen LogP contribution in [0.1, 0.15) is 44.2 Å². The summed E-state index contributed by atoms with van der Waals surface area (Å²) in [7, 11) is -3.03. The molecule has 0 bridgehead atoms. The highest BCUT2D eigenvalue weighted by Crippen LogP contribution is 2.32. The molecule has 1 saturated heterocycles. The van der Waals surface area contributed by atoms with Crippen molar-refractivity contribution in [1.29, 1.82) is 0 Å². The zero-order chi connectivity index (χ0) is 18.8. The second kappa shape index (κ2) is 7.96. The van der Waals surface area contributed by atoms with E-state index < -0.39 is 9.84 Å². The number of hydrogen-bond donors (Lipinski definition) is 0. The lowest BCUT2D eigenvalue weighted by Crippen LogP contribution is -2.43. The summed E-state index contributed by atoms with van der Waals surface area (Å²) in [5.41, 5.74) is 1.85. The summed E-state index contributed by atoms with van der Waals surface area (Å²) in [5.74, 6) is 0.873. The summed E-state index contributed by atoms with van der Waals surface area (Å²) in [5, 5.41) is 0.675. The maximum atomic E-state index is 12.6. The summed E-state index contributed by atoms with van der Waals surface area (Å²) in [6, 6.07) is 3.48. The standard InChI is InChI=1S/C18H26ClNO4S/c1-5-20(14-6-7-25(22,23)11-14)18(21)10-24-17-8-13(4)16(19)9-15(17)12(2)3/h8-9,12,14H,5-7,10-11H2,1-4H3. The van der Waals surface area contributed by atoms with Gasteiger partial charge in [-0.1, -0.05) is 25.4 Å². The van der Waals surface area contributed by atoms with Gasteiger partial charge in [-0.3, -0.25) is 4.79 Å². The van der Waals surface area contributed by atoms with E-state index >= 15 is 0 Å². The minimum absolute atomic E-state index is 0.0455. The molecule has 0 saturated carbocycles. The molecule has 1 aliphatic heterocycles. The van der Waals surface area contributed by atoms with Gasteiger partial charge in [0.2, 0.25) is 0 Å². The van der Waals surface area contributed by atoms with Crippen LogP contribution in [0.15, 0.2) is 12.1 Å². The maximum absolute atomic E-state index is 12.6. The van der Waals surface area contributed by atoms with E-state index in [0.717, 1.165) is 11.1 Å². The summed E-state index contributed by atoms with van der Waals surface area (Å²) in [4.78, 5) is 14.2. The third kappa shape index (κ3) is 4.88. The van der Waals surface area contributed by atoms with E-state index in [1.165, 1.54) is 0 Å². The van der Waals surface area contributed by atoms with Gasteiger partial charge in [-0.2, -0.15) is 0 Å². The van der Waals surface area contributed by atoms with Crippen molar-refractivity contribution in [2.24, 2.45) is 0 Å². The lowest BCUT2D eigenvalue weighted by Gasteiger charge is -2.27. The first-order chi connectivity index (χ1) is 11.6. The summed E-state index contributed by atoms with van der Waals surface area (Å²) >= 11 is 6.19. The minimum Gasteiger partial charge on any atom is -0.483 e. The SMILES string of the molecule is CCN(C(=O)COc1cc(C)c(Cl)cc1C(C)C)C1CCS(=O)(=O)C1. The lowest BCUT2D eigenvalue weighted by atomic mass is 10.0. The van der Waals surface area contributed by atoms with E-state index in [4.69, 9.17) is 16.3 Å². The number of amides is 1. The third-order valence-corrected chi connectivity index (χ3v) is 6.73. The van der Waals surface area contributed by atoms with Gasteiger partial charge >= 0.3 is 0 Å². The molecule has 0 spiro atoms. The molecule has 0 aliphatic carbocycles. The first-order valence-electron chi connectivity index (χ1n) is 8.57. The molecule has 1 aliphatic rings. The van der Waals surface area contributed by atoms with Gasteiger partial charge in [0.15, 0.2) is 16.4 Å². The Bertz CT molecular complexity index is 746. The fourth-order valence-corrected chi connectivity index (χ4v) is 5.03. The average Bonchev–Trinajstić information content (AvgIpc) is 2.88. The zero-order valence-corrected chi connectivity index (χ0v) is 16.8. The Labute approximate surface area is 155 Å². The van der Waals surface area contributed by atoms with Crippen LogP contribution in [0, 0.1) is 6.92 Å². The van der Waals surface area contributed by atoms with Gasteiger partial charge in [0.05, 0.1) is 11.5 Å². The van der Waals surface area contributed by atoms with E-state index in [-0.39, 0.29) is 36.0 Å². The van der Waals surface area contributed by atoms with E-state index in [9.17, 15) is 13.2 Å². The number of nitrogens with zero attached hydrogens (tertiary/aromatic N) is 1. The number of hydrogen-bond acceptors (Lipinski definition) is 4. The second-order valence-corrected chi connectivity index (χ2v) is 9.46. The van der Waals surface area contributed by atoms with Crippen molar-refractivity contribution in [1.82, 2.24) is 4.90 Å². The molecule has 1 unspecified atom stereocenters. The molecule has 25 heavy (non-hydrogen) atoms. The van der Waals surface area contributed by atoms with E-state index in [1.807, 2.05) is 39.8 Å².